The molecule has 5 heteroatoms. The number of hydrogen-bond donors (Lipinski definition) is 0. The topological polar surface area (TPSA) is 60.1 Å². The molecule has 0 amide bonds. The summed E-state index contributed by atoms with van der Waals surface area (Å²) in [6.07, 6.45) is 0.815. The van der Waals surface area contributed by atoms with Crippen molar-refractivity contribution >= 4 is 11.0 Å². The molecule has 1 aliphatic heterocycles. The molecule has 0 bridgehead atoms. The van der Waals surface area contributed by atoms with E-state index >= 15 is 0 Å². The summed E-state index contributed by atoms with van der Waals surface area (Å²) in [6.45, 7) is 2.94. The highest BCUT2D eigenvalue weighted by Crippen LogP contribution is 2.36. The van der Waals surface area contributed by atoms with Gasteiger partial charge in [-0.3, -0.25) is 0 Å². The SMILES string of the molecule is CCc1nc2cc3c(cc2n1Cc1ccccc1C#N)OCO3. The third-order valence-corrected chi connectivity index (χ3v) is 4.10. The number of aryl methyl sites for hydroxylation is 1. The summed E-state index contributed by atoms with van der Waals surface area (Å²) in [5.41, 5.74) is 3.57. The number of nitrogens with zero attached hydrogens (tertiary/aromatic N) is 3. The highest BCUT2D eigenvalue weighted by molar-refractivity contribution is 5.81. The summed E-state index contributed by atoms with van der Waals surface area (Å²) in [4.78, 5) is 4.70. The average Bonchev–Trinajstić information content (AvgIpc) is 3.17. The van der Waals surface area contributed by atoms with Crippen LogP contribution >= 0.6 is 0 Å². The van der Waals surface area contributed by atoms with E-state index in [4.69, 9.17) is 14.5 Å². The van der Waals surface area contributed by atoms with Crippen LogP contribution in [0, 0.1) is 11.3 Å². The number of aromatic nitrogens is 2. The quantitative estimate of drug-likeness (QED) is 0.745. The van der Waals surface area contributed by atoms with Gasteiger partial charge < -0.3 is 14.0 Å². The molecule has 0 unspecified atom stereocenters. The molecule has 114 valence electrons. The number of imidazole rings is 1. The molecule has 1 aromatic heterocycles. The van der Waals surface area contributed by atoms with E-state index in [0.29, 0.717) is 12.1 Å². The molecule has 0 fully saturated rings. The van der Waals surface area contributed by atoms with Gasteiger partial charge in [0.05, 0.1) is 29.2 Å². The Morgan fingerprint density at radius 1 is 1.22 bits per heavy atom. The van der Waals surface area contributed by atoms with Crippen molar-refractivity contribution in [3.63, 3.8) is 0 Å². The largest absolute Gasteiger partial charge is 0.454 e. The van der Waals surface area contributed by atoms with Crippen molar-refractivity contribution in [3.8, 4) is 17.6 Å². The predicted octanol–water partition coefficient (Wildman–Crippen LogP) is 3.25. The van der Waals surface area contributed by atoms with E-state index < -0.39 is 0 Å². The van der Waals surface area contributed by atoms with Crippen LogP contribution in [-0.2, 0) is 13.0 Å². The van der Waals surface area contributed by atoms with Crippen molar-refractivity contribution in [3.05, 3.63) is 53.3 Å². The Balaban J connectivity index is 1.87. The van der Waals surface area contributed by atoms with Gasteiger partial charge in [-0.2, -0.15) is 5.26 Å². The fourth-order valence-electron chi connectivity index (χ4n) is 2.95. The molecule has 0 spiro atoms. The minimum atomic E-state index is 0.250. The number of nitriles is 1. The molecule has 23 heavy (non-hydrogen) atoms. The van der Waals surface area contributed by atoms with Gasteiger partial charge in [0.15, 0.2) is 11.5 Å². The number of fused-ring (bicyclic) bond motifs is 2. The van der Waals surface area contributed by atoms with Crippen LogP contribution in [0.3, 0.4) is 0 Å². The lowest BCUT2D eigenvalue weighted by Crippen LogP contribution is -2.05. The Hall–Kier alpha value is -3.00. The van der Waals surface area contributed by atoms with Crippen molar-refractivity contribution in [2.75, 3.05) is 6.79 Å². The Kier molecular flexibility index (Phi) is 3.16. The van der Waals surface area contributed by atoms with E-state index in [1.54, 1.807) is 0 Å². The predicted molar refractivity (Wildman–Crippen MR) is 85.5 cm³/mol. The first-order valence-electron chi connectivity index (χ1n) is 7.57. The summed E-state index contributed by atoms with van der Waals surface area (Å²) in [7, 11) is 0. The zero-order valence-corrected chi connectivity index (χ0v) is 12.7. The van der Waals surface area contributed by atoms with Crippen molar-refractivity contribution in [2.45, 2.75) is 19.9 Å². The molecule has 1 aliphatic rings. The summed E-state index contributed by atoms with van der Waals surface area (Å²) < 4.78 is 13.1. The fraction of sp³-hybridized carbons (Fsp3) is 0.222. The molecule has 0 saturated carbocycles. The lowest BCUT2D eigenvalue weighted by Gasteiger charge is -2.10. The Morgan fingerprint density at radius 3 is 2.78 bits per heavy atom. The molecule has 2 aromatic carbocycles. The number of hydrogen-bond acceptors (Lipinski definition) is 4. The summed E-state index contributed by atoms with van der Waals surface area (Å²) >= 11 is 0. The summed E-state index contributed by atoms with van der Waals surface area (Å²) in [6, 6.07) is 13.8. The van der Waals surface area contributed by atoms with Gasteiger partial charge in [-0.1, -0.05) is 25.1 Å². The molecule has 5 nitrogen and oxygen atoms in total. The van der Waals surface area contributed by atoms with E-state index in [1.807, 2.05) is 36.4 Å². The van der Waals surface area contributed by atoms with E-state index in [-0.39, 0.29) is 6.79 Å². The van der Waals surface area contributed by atoms with Crippen LogP contribution in [0.2, 0.25) is 0 Å². The first-order chi connectivity index (χ1) is 11.3. The Morgan fingerprint density at radius 2 is 2.00 bits per heavy atom. The fourth-order valence-corrected chi connectivity index (χ4v) is 2.95. The summed E-state index contributed by atoms with van der Waals surface area (Å²) in [5, 5.41) is 9.30. The first kappa shape index (κ1) is 13.6. The zero-order chi connectivity index (χ0) is 15.8. The van der Waals surface area contributed by atoms with Crippen LogP contribution in [-0.4, -0.2) is 16.3 Å². The number of rotatable bonds is 3. The third kappa shape index (κ3) is 2.20. The second kappa shape index (κ2) is 5.33. The molecule has 3 aromatic rings. The van der Waals surface area contributed by atoms with E-state index in [2.05, 4.69) is 17.6 Å². The second-order valence-corrected chi connectivity index (χ2v) is 5.43. The van der Waals surface area contributed by atoms with Gasteiger partial charge in [0.25, 0.3) is 0 Å². The molecule has 0 radical (unpaired) electrons. The standard InChI is InChI=1S/C18H15N3O2/c1-2-18-20-14-7-16-17(23-11-22-16)8-15(14)21(18)10-13-6-4-3-5-12(13)9-19/h3-8H,2,10-11H2,1H3. The van der Waals surface area contributed by atoms with Crippen molar-refractivity contribution in [1.82, 2.24) is 9.55 Å². The molecule has 0 saturated heterocycles. The minimum absolute atomic E-state index is 0.250. The van der Waals surface area contributed by atoms with Crippen molar-refractivity contribution in [2.24, 2.45) is 0 Å². The Labute approximate surface area is 133 Å². The zero-order valence-electron chi connectivity index (χ0n) is 12.7. The molecular formula is C18H15N3O2. The lowest BCUT2D eigenvalue weighted by molar-refractivity contribution is 0.174. The van der Waals surface area contributed by atoms with Crippen molar-refractivity contribution < 1.29 is 9.47 Å². The van der Waals surface area contributed by atoms with Crippen LogP contribution in [0.4, 0.5) is 0 Å². The van der Waals surface area contributed by atoms with Crippen LogP contribution < -0.4 is 9.47 Å². The van der Waals surface area contributed by atoms with Gasteiger partial charge in [0.1, 0.15) is 5.82 Å². The van der Waals surface area contributed by atoms with Crippen LogP contribution in [0.1, 0.15) is 23.9 Å². The summed E-state index contributed by atoms with van der Waals surface area (Å²) in [5.74, 6) is 2.47. The van der Waals surface area contributed by atoms with E-state index in [9.17, 15) is 5.26 Å². The monoisotopic (exact) mass is 305 g/mol. The molecule has 0 aliphatic carbocycles. The second-order valence-electron chi connectivity index (χ2n) is 5.43. The molecule has 0 N–H and O–H groups in total. The first-order valence-corrected chi connectivity index (χ1v) is 7.57. The van der Waals surface area contributed by atoms with Crippen LogP contribution in [0.25, 0.3) is 11.0 Å². The highest BCUT2D eigenvalue weighted by atomic mass is 16.7. The lowest BCUT2D eigenvalue weighted by atomic mass is 10.1. The highest BCUT2D eigenvalue weighted by Gasteiger charge is 2.19. The normalized spacial score (nSPS) is 12.5. The molecular weight excluding hydrogens is 290 g/mol. The molecule has 2 heterocycles. The van der Waals surface area contributed by atoms with Gasteiger partial charge in [-0.15, -0.1) is 0 Å². The van der Waals surface area contributed by atoms with E-state index in [1.165, 1.54) is 0 Å². The smallest absolute Gasteiger partial charge is 0.231 e. The average molecular weight is 305 g/mol. The van der Waals surface area contributed by atoms with Crippen LogP contribution in [0.5, 0.6) is 11.5 Å². The maximum atomic E-state index is 9.30. The number of benzene rings is 2. The maximum Gasteiger partial charge on any atom is 0.231 e. The maximum absolute atomic E-state index is 9.30. The van der Waals surface area contributed by atoms with Gasteiger partial charge >= 0.3 is 0 Å². The van der Waals surface area contributed by atoms with Gasteiger partial charge in [-0.05, 0) is 11.6 Å². The van der Waals surface area contributed by atoms with Gasteiger partial charge in [-0.25, -0.2) is 4.98 Å². The minimum Gasteiger partial charge on any atom is -0.454 e. The number of ether oxygens (including phenoxy) is 2. The third-order valence-electron chi connectivity index (χ3n) is 4.10. The molecule has 4 rings (SSSR count). The van der Waals surface area contributed by atoms with Gasteiger partial charge in [0, 0.05) is 18.6 Å². The molecule has 0 atom stereocenters. The van der Waals surface area contributed by atoms with Gasteiger partial charge in [0.2, 0.25) is 6.79 Å². The van der Waals surface area contributed by atoms with Crippen molar-refractivity contribution in [1.29, 1.82) is 5.26 Å². The Bertz CT molecular complexity index is 937. The van der Waals surface area contributed by atoms with E-state index in [0.717, 1.165) is 40.3 Å². The van der Waals surface area contributed by atoms with Crippen LogP contribution in [0.15, 0.2) is 36.4 Å².